The van der Waals surface area contributed by atoms with Crippen molar-refractivity contribution in [2.45, 2.75) is 64.1 Å². The van der Waals surface area contributed by atoms with Crippen LogP contribution >= 0.6 is 11.3 Å². The van der Waals surface area contributed by atoms with Crippen molar-refractivity contribution < 1.29 is 24.0 Å². The van der Waals surface area contributed by atoms with Gasteiger partial charge in [-0.2, -0.15) is 0 Å². The van der Waals surface area contributed by atoms with Gasteiger partial charge in [0.05, 0.1) is 0 Å². The van der Waals surface area contributed by atoms with E-state index in [1.54, 1.807) is 17.5 Å². The zero-order valence-corrected chi connectivity index (χ0v) is 23.9. The van der Waals surface area contributed by atoms with Gasteiger partial charge in [0.2, 0.25) is 17.6 Å². The maximum absolute atomic E-state index is 13.3. The summed E-state index contributed by atoms with van der Waals surface area (Å²) in [6.07, 6.45) is 8.63. The molecular weight excluding hydrogens is 562 g/mol. The maximum Gasteiger partial charge on any atom is 0.287 e. The van der Waals surface area contributed by atoms with E-state index in [0.717, 1.165) is 19.3 Å². The fourth-order valence-corrected chi connectivity index (χ4v) is 6.49. The van der Waals surface area contributed by atoms with Gasteiger partial charge in [-0.05, 0) is 56.6 Å². The highest BCUT2D eigenvalue weighted by atomic mass is 32.1. The number of fused-ring (bicyclic) bond motifs is 3. The van der Waals surface area contributed by atoms with Crippen LogP contribution in [0.15, 0.2) is 40.9 Å². The molecule has 0 aliphatic heterocycles. The molecule has 0 spiro atoms. The molecule has 3 aromatic rings. The predicted molar refractivity (Wildman–Crippen MR) is 154 cm³/mol. The molecule has 5 rings (SSSR count). The van der Waals surface area contributed by atoms with Gasteiger partial charge in [0.15, 0.2) is 4.96 Å². The summed E-state index contributed by atoms with van der Waals surface area (Å²) in [4.78, 5) is 81.1. The van der Waals surface area contributed by atoms with Gasteiger partial charge in [-0.15, -0.1) is 11.3 Å². The molecule has 4 N–H and O–H groups in total. The number of hydrogen-bond donors (Lipinski definition) is 4. The van der Waals surface area contributed by atoms with E-state index < -0.39 is 35.1 Å². The number of thiazole rings is 1. The van der Waals surface area contributed by atoms with Gasteiger partial charge in [0.1, 0.15) is 24.0 Å². The molecule has 4 amide bonds. The second-order valence-corrected chi connectivity index (χ2v) is 11.6. The number of imidazole rings is 1. The van der Waals surface area contributed by atoms with Gasteiger partial charge < -0.3 is 25.8 Å². The number of likely N-dealkylation sites (N-methyl/N-ethyl adjacent to an activating group) is 1. The number of Topliss-reactive ketones (excluding diaryl/α,β-unsaturated/α-hetero) is 1. The summed E-state index contributed by atoms with van der Waals surface area (Å²) in [5.74, 6) is -2.05. The van der Waals surface area contributed by atoms with Gasteiger partial charge in [-0.3, -0.25) is 33.2 Å². The zero-order valence-electron chi connectivity index (χ0n) is 23.1. The van der Waals surface area contributed by atoms with Crippen molar-refractivity contribution in [2.24, 2.45) is 11.8 Å². The van der Waals surface area contributed by atoms with Crippen LogP contribution in [0.25, 0.3) is 4.96 Å². The van der Waals surface area contributed by atoms with Crippen molar-refractivity contribution >= 4 is 51.4 Å². The molecule has 2 aliphatic rings. The smallest absolute Gasteiger partial charge is 0.287 e. The van der Waals surface area contributed by atoms with Crippen LogP contribution in [0.5, 0.6) is 0 Å². The van der Waals surface area contributed by atoms with E-state index in [0.29, 0.717) is 16.8 Å². The molecule has 2 fully saturated rings. The normalized spacial score (nSPS) is 19.8. The van der Waals surface area contributed by atoms with Gasteiger partial charge in [0, 0.05) is 43.0 Å². The summed E-state index contributed by atoms with van der Waals surface area (Å²) in [6, 6.07) is 1.80. The summed E-state index contributed by atoms with van der Waals surface area (Å²) in [5, 5.41) is 12.4. The number of nitrogens with zero attached hydrogens (tertiary/aromatic N) is 3. The Morgan fingerprint density at radius 1 is 1.14 bits per heavy atom. The van der Waals surface area contributed by atoms with Gasteiger partial charge in [0.25, 0.3) is 17.4 Å². The second kappa shape index (κ2) is 12.7. The predicted octanol–water partition coefficient (Wildman–Crippen LogP) is 1.08. The Bertz CT molecular complexity index is 1550. The lowest BCUT2D eigenvalue weighted by molar-refractivity contribution is -0.138. The minimum atomic E-state index is -1.26. The van der Waals surface area contributed by atoms with Crippen molar-refractivity contribution in [3.8, 4) is 0 Å². The Morgan fingerprint density at radius 2 is 1.98 bits per heavy atom. The fourth-order valence-electron chi connectivity index (χ4n) is 5.79. The van der Waals surface area contributed by atoms with E-state index in [-0.39, 0.29) is 49.3 Å². The second-order valence-electron chi connectivity index (χ2n) is 10.8. The Morgan fingerprint density at radius 3 is 2.69 bits per heavy atom. The number of hydrogen-bond acceptors (Lipinski definition) is 8. The number of aromatic nitrogens is 3. The van der Waals surface area contributed by atoms with Crippen molar-refractivity contribution in [3.05, 3.63) is 52.2 Å². The van der Waals surface area contributed by atoms with E-state index >= 15 is 0 Å². The van der Waals surface area contributed by atoms with Crippen LogP contribution in [0.2, 0.25) is 0 Å². The lowest BCUT2D eigenvalue weighted by atomic mass is 9.95. The van der Waals surface area contributed by atoms with Gasteiger partial charge in [-0.25, -0.2) is 4.98 Å². The van der Waals surface area contributed by atoms with E-state index in [1.807, 2.05) is 5.38 Å². The standard InChI is InChI=1S/C28H33N7O6S/c1-2-29-26(40)22(36)8-7-18(31-25(39)21-14-35-10-11-42-28(35)33-21)24(38)32-19-4-3-9-34(27(19)41)15-23(37)30-20-13-16-5-6-17(20)12-16/h3-4,9-11,14,16-18,20H,2,5-8,12-13,15H2,1H3,(H,29,40)(H,30,37)(H,31,39)(H,32,38)/t16-,17+,18+,20-/m1/s1. The quantitative estimate of drug-likeness (QED) is 0.227. The molecule has 4 atom stereocenters. The highest BCUT2D eigenvalue weighted by Gasteiger charge is 2.40. The van der Waals surface area contributed by atoms with E-state index in [1.165, 1.54) is 46.9 Å². The first-order valence-electron chi connectivity index (χ1n) is 14.1. The minimum Gasteiger partial charge on any atom is -0.352 e. The lowest BCUT2D eigenvalue weighted by Crippen LogP contribution is -2.45. The molecule has 42 heavy (non-hydrogen) atoms. The molecule has 3 aromatic heterocycles. The average molecular weight is 596 g/mol. The Hall–Kier alpha value is -4.33. The van der Waals surface area contributed by atoms with Crippen molar-refractivity contribution in [1.29, 1.82) is 0 Å². The number of rotatable bonds is 12. The molecule has 222 valence electrons. The van der Waals surface area contributed by atoms with Crippen LogP contribution in [0, 0.1) is 11.8 Å². The number of anilines is 1. The molecule has 0 radical (unpaired) electrons. The topological polar surface area (TPSA) is 173 Å². The summed E-state index contributed by atoms with van der Waals surface area (Å²) in [6.45, 7) is 1.74. The molecular formula is C28H33N7O6S. The summed E-state index contributed by atoms with van der Waals surface area (Å²) in [5.41, 5.74) is -0.614. The van der Waals surface area contributed by atoms with Gasteiger partial charge in [-0.1, -0.05) is 6.42 Å². The Balaban J connectivity index is 1.26. The van der Waals surface area contributed by atoms with Crippen LogP contribution < -0.4 is 26.8 Å². The average Bonchev–Trinajstić information content (AvgIpc) is 3.75. The van der Waals surface area contributed by atoms with Gasteiger partial charge >= 0.3 is 0 Å². The summed E-state index contributed by atoms with van der Waals surface area (Å²) in [7, 11) is 0. The highest BCUT2D eigenvalue weighted by molar-refractivity contribution is 7.15. The number of carbonyl (C=O) groups excluding carboxylic acids is 5. The van der Waals surface area contributed by atoms with Crippen LogP contribution in [-0.4, -0.2) is 62.0 Å². The number of nitrogens with one attached hydrogen (secondary N) is 4. The first-order valence-corrected chi connectivity index (χ1v) is 14.9. The number of carbonyl (C=O) groups is 5. The molecule has 2 bridgehead atoms. The Labute approximate surface area is 245 Å². The number of amides is 4. The Kier molecular flexibility index (Phi) is 8.80. The summed E-state index contributed by atoms with van der Waals surface area (Å²) >= 11 is 1.33. The van der Waals surface area contributed by atoms with Crippen LogP contribution in [-0.2, 0) is 25.7 Å². The van der Waals surface area contributed by atoms with Crippen molar-refractivity contribution in [3.63, 3.8) is 0 Å². The monoisotopic (exact) mass is 595 g/mol. The van der Waals surface area contributed by atoms with E-state index in [9.17, 15) is 28.8 Å². The lowest BCUT2D eigenvalue weighted by Gasteiger charge is -2.23. The largest absolute Gasteiger partial charge is 0.352 e. The van der Waals surface area contributed by atoms with Crippen LogP contribution in [0.3, 0.4) is 0 Å². The first kappa shape index (κ1) is 29.2. The fraction of sp³-hybridized carbons (Fsp3) is 0.464. The minimum absolute atomic E-state index is 0.0678. The number of pyridine rings is 1. The molecule has 14 heteroatoms. The molecule has 3 heterocycles. The third-order valence-electron chi connectivity index (χ3n) is 7.87. The number of ketones is 1. The van der Waals surface area contributed by atoms with Crippen LogP contribution in [0.4, 0.5) is 5.69 Å². The molecule has 2 saturated carbocycles. The maximum atomic E-state index is 13.3. The van der Waals surface area contributed by atoms with E-state index in [2.05, 4.69) is 26.3 Å². The van der Waals surface area contributed by atoms with Crippen LogP contribution in [0.1, 0.15) is 55.9 Å². The molecule has 13 nitrogen and oxygen atoms in total. The third-order valence-corrected chi connectivity index (χ3v) is 8.65. The SMILES string of the molecule is CCNC(=O)C(=O)CC[C@H](NC(=O)c1cn2ccsc2n1)C(=O)Nc1cccn(CC(=O)N[C@@H]2C[C@@H]3CC[C@H]2C3)c1=O. The zero-order chi connectivity index (χ0) is 29.8. The van der Waals surface area contributed by atoms with Crippen molar-refractivity contribution in [1.82, 2.24) is 29.9 Å². The molecule has 0 unspecified atom stereocenters. The van der Waals surface area contributed by atoms with E-state index in [4.69, 9.17) is 0 Å². The summed E-state index contributed by atoms with van der Waals surface area (Å²) < 4.78 is 2.87. The molecule has 0 aromatic carbocycles. The molecule has 0 saturated heterocycles. The third kappa shape index (κ3) is 6.59. The van der Waals surface area contributed by atoms with Crippen molar-refractivity contribution in [2.75, 3.05) is 11.9 Å². The highest BCUT2D eigenvalue weighted by Crippen LogP contribution is 2.44. The molecule has 2 aliphatic carbocycles. The first-order chi connectivity index (χ1) is 20.2.